The fourth-order valence-corrected chi connectivity index (χ4v) is 15.6. The summed E-state index contributed by atoms with van der Waals surface area (Å²) in [5, 5.41) is 4.66. The summed E-state index contributed by atoms with van der Waals surface area (Å²) >= 11 is 19.1. The van der Waals surface area contributed by atoms with Gasteiger partial charge in [0.15, 0.2) is 0 Å². The van der Waals surface area contributed by atoms with Crippen LogP contribution in [0.5, 0.6) is 0 Å². The predicted octanol–water partition coefficient (Wildman–Crippen LogP) is 12.4. The Morgan fingerprint density at radius 3 is 1.65 bits per heavy atom. The number of thiophene rings is 4. The minimum absolute atomic E-state index is 0.933. The van der Waals surface area contributed by atoms with Crippen molar-refractivity contribution in [3.05, 3.63) is 48.9 Å². The summed E-state index contributed by atoms with van der Waals surface area (Å²) in [4.78, 5) is 14.2. The molecule has 5 aromatic rings. The summed E-state index contributed by atoms with van der Waals surface area (Å²) in [7, 11) is 0. The van der Waals surface area contributed by atoms with E-state index < -0.39 is 18.4 Å². The molecule has 0 saturated heterocycles. The van der Waals surface area contributed by atoms with Gasteiger partial charge in [-0.1, -0.05) is 0 Å². The number of hydrogen-bond donors (Lipinski definition) is 0. The van der Waals surface area contributed by atoms with E-state index in [9.17, 15) is 0 Å². The van der Waals surface area contributed by atoms with Crippen molar-refractivity contribution in [1.82, 2.24) is 0 Å². The van der Waals surface area contributed by atoms with Gasteiger partial charge in [-0.2, -0.15) is 0 Å². The van der Waals surface area contributed by atoms with Crippen LogP contribution in [0, 0.1) is 6.92 Å². The maximum atomic E-state index is 6.82. The van der Waals surface area contributed by atoms with E-state index >= 15 is 0 Å². The molecule has 196 valence electrons. The Hall–Kier alpha value is -0.0813. The molecule has 37 heavy (non-hydrogen) atoms. The van der Waals surface area contributed by atoms with Gasteiger partial charge in [-0.25, -0.2) is 0 Å². The van der Waals surface area contributed by atoms with Crippen molar-refractivity contribution in [1.29, 1.82) is 0 Å². The summed E-state index contributed by atoms with van der Waals surface area (Å²) in [5.74, 6) is 0. The first-order valence-electron chi connectivity index (χ1n) is 13.2. The van der Waals surface area contributed by atoms with Crippen LogP contribution in [0.1, 0.15) is 54.2 Å². The SMILES string of the molecule is CCCCc1sc(-c2c3c[c]([Sn]([CH3])([CH3])[CH3])sc3c(-c3cc(Cl)c(CCCC)s3)c3cc(C)sc23)cc1Cl. The molecule has 4 aromatic heterocycles. The Kier molecular flexibility index (Phi) is 8.78. The molecule has 4 heterocycles. The van der Waals surface area contributed by atoms with Crippen LogP contribution in [-0.2, 0) is 12.8 Å². The minimum atomic E-state index is -2.31. The number of rotatable bonds is 9. The molecule has 0 N–H and O–H groups in total. The molecule has 0 radical (unpaired) electrons. The van der Waals surface area contributed by atoms with Crippen molar-refractivity contribution < 1.29 is 0 Å². The van der Waals surface area contributed by atoms with Gasteiger partial charge in [0, 0.05) is 0 Å². The van der Waals surface area contributed by atoms with Gasteiger partial charge in [-0.3, -0.25) is 0 Å². The Morgan fingerprint density at radius 1 is 0.676 bits per heavy atom. The van der Waals surface area contributed by atoms with Gasteiger partial charge in [0.25, 0.3) is 0 Å². The van der Waals surface area contributed by atoms with Gasteiger partial charge < -0.3 is 0 Å². The van der Waals surface area contributed by atoms with Crippen molar-refractivity contribution >= 4 is 110 Å². The fourth-order valence-electron chi connectivity index (χ4n) is 4.83. The summed E-state index contributed by atoms with van der Waals surface area (Å²) in [6.07, 6.45) is 6.87. The summed E-state index contributed by atoms with van der Waals surface area (Å²) in [5.41, 5.74) is 2.79. The molecule has 0 nitrogen and oxygen atoms in total. The second kappa shape index (κ2) is 11.4. The van der Waals surface area contributed by atoms with Gasteiger partial charge >= 0.3 is 254 Å². The first-order valence-corrected chi connectivity index (χ1v) is 27.2. The number of hydrogen-bond acceptors (Lipinski definition) is 4. The standard InChI is InChI=1S/C27H25Cl2S4.3CH3.Sn/c1-4-6-8-20-18(28)13-22(32-20)24-16-10-11-30-26(16)25(17-12-15(3)31-27(17)24)23-14-19(29)21(33-23)9-7-5-2;;;;/h10,12-14H,4-9H2,1-3H3;3*1H3;. The second-order valence-corrected chi connectivity index (χ2v) is 31.7. The van der Waals surface area contributed by atoms with Crippen molar-refractivity contribution in [2.24, 2.45) is 0 Å². The van der Waals surface area contributed by atoms with Gasteiger partial charge in [-0.05, 0) is 0 Å². The summed E-state index contributed by atoms with van der Waals surface area (Å²) < 4.78 is 4.46. The van der Waals surface area contributed by atoms with Crippen molar-refractivity contribution in [2.75, 3.05) is 0 Å². The van der Waals surface area contributed by atoms with Gasteiger partial charge in [0.1, 0.15) is 0 Å². The molecule has 0 aliphatic rings. The molecular formula is C30H34Cl2S4Sn. The van der Waals surface area contributed by atoms with E-state index in [-0.39, 0.29) is 0 Å². The maximum absolute atomic E-state index is 6.82. The first-order chi connectivity index (χ1) is 17.6. The molecule has 0 spiro atoms. The van der Waals surface area contributed by atoms with Crippen LogP contribution >= 0.6 is 68.5 Å². The monoisotopic (exact) mass is 712 g/mol. The molecule has 0 bridgehead atoms. The molecule has 0 amide bonds. The van der Waals surface area contributed by atoms with E-state index in [1.54, 1.807) is 2.89 Å². The van der Waals surface area contributed by atoms with Crippen LogP contribution in [0.2, 0.25) is 24.9 Å². The Balaban J connectivity index is 1.83. The average molecular weight is 712 g/mol. The number of fused-ring (bicyclic) bond motifs is 2. The van der Waals surface area contributed by atoms with E-state index in [0.717, 1.165) is 22.9 Å². The molecular weight excluding hydrogens is 678 g/mol. The molecule has 7 heteroatoms. The Bertz CT molecular complexity index is 1470. The summed E-state index contributed by atoms with van der Waals surface area (Å²) in [6.45, 7) is 6.74. The fraction of sp³-hybridized carbons (Fsp3) is 0.400. The third kappa shape index (κ3) is 5.60. The number of unbranched alkanes of at least 4 members (excludes halogenated alkanes) is 2. The van der Waals surface area contributed by atoms with Gasteiger partial charge in [0.05, 0.1) is 0 Å². The third-order valence-electron chi connectivity index (χ3n) is 6.84. The molecule has 0 aliphatic carbocycles. The zero-order valence-corrected chi connectivity index (χ0v) is 30.1. The van der Waals surface area contributed by atoms with E-state index in [4.69, 9.17) is 23.2 Å². The van der Waals surface area contributed by atoms with E-state index in [0.29, 0.717) is 0 Å². The van der Waals surface area contributed by atoms with E-state index in [2.05, 4.69) is 59.9 Å². The van der Waals surface area contributed by atoms with Crippen LogP contribution in [0.4, 0.5) is 0 Å². The van der Waals surface area contributed by atoms with Crippen molar-refractivity contribution in [2.45, 2.75) is 74.1 Å². The molecule has 5 rings (SSSR count). The first kappa shape index (κ1) is 28.4. The van der Waals surface area contributed by atoms with E-state index in [1.807, 2.05) is 45.3 Å². The second-order valence-electron chi connectivity index (χ2n) is 10.9. The number of halogens is 2. The molecule has 0 saturated carbocycles. The zero-order valence-electron chi connectivity index (χ0n) is 22.4. The zero-order chi connectivity index (χ0) is 26.5. The summed E-state index contributed by atoms with van der Waals surface area (Å²) in [6, 6.07) is 9.44. The molecule has 1 aromatic carbocycles. The van der Waals surface area contributed by atoms with Crippen LogP contribution in [-0.4, -0.2) is 18.4 Å². The molecule has 0 fully saturated rings. The van der Waals surface area contributed by atoms with Crippen LogP contribution in [0.3, 0.4) is 0 Å². The van der Waals surface area contributed by atoms with Gasteiger partial charge in [0.2, 0.25) is 0 Å². The van der Waals surface area contributed by atoms with Crippen LogP contribution < -0.4 is 2.89 Å². The average Bonchev–Trinajstić information content (AvgIpc) is 3.59. The quantitative estimate of drug-likeness (QED) is 0.134. The predicted molar refractivity (Wildman–Crippen MR) is 179 cm³/mol. The Labute approximate surface area is 251 Å². The van der Waals surface area contributed by atoms with Crippen LogP contribution in [0.15, 0.2) is 24.3 Å². The van der Waals surface area contributed by atoms with Crippen molar-refractivity contribution in [3.8, 4) is 20.9 Å². The number of benzene rings is 1. The normalized spacial score (nSPS) is 12.4. The van der Waals surface area contributed by atoms with Crippen LogP contribution in [0.25, 0.3) is 41.1 Å². The molecule has 0 unspecified atom stereocenters. The van der Waals surface area contributed by atoms with Crippen molar-refractivity contribution in [3.63, 3.8) is 0 Å². The van der Waals surface area contributed by atoms with Gasteiger partial charge in [-0.15, -0.1) is 0 Å². The Morgan fingerprint density at radius 2 is 1.16 bits per heavy atom. The molecule has 0 atom stereocenters. The number of aryl methyl sites for hydroxylation is 3. The van der Waals surface area contributed by atoms with E-state index in [1.165, 1.54) is 81.4 Å². The topological polar surface area (TPSA) is 0 Å². The molecule has 0 aliphatic heterocycles. The third-order valence-corrected chi connectivity index (χ3v) is 21.8.